The van der Waals surface area contributed by atoms with Gasteiger partial charge in [-0.1, -0.05) is 0 Å². The Hall–Kier alpha value is 0.0731. The summed E-state index contributed by atoms with van der Waals surface area (Å²) in [6, 6.07) is 0. The molecule has 7 heavy (non-hydrogen) atoms. The molecule has 0 aliphatic rings. The second-order valence-electron chi connectivity index (χ2n) is 0.250. The van der Waals surface area contributed by atoms with Crippen LogP contribution >= 0.6 is 0 Å². The van der Waals surface area contributed by atoms with Crippen molar-refractivity contribution in [1.29, 1.82) is 0 Å². The summed E-state index contributed by atoms with van der Waals surface area (Å²) >= 11 is 0. The maximum Gasteiger partial charge on any atom is 4.00 e. The number of hydrogen-bond donors (Lipinski definition) is 1. The molecule has 0 bridgehead atoms. The van der Waals surface area contributed by atoms with Gasteiger partial charge in [-0.15, -0.1) is 0 Å². The fourth-order valence-electron chi connectivity index (χ4n) is 0. The molecule has 5 nitrogen and oxygen atoms in total. The van der Waals surface area contributed by atoms with Crippen molar-refractivity contribution in [3.63, 3.8) is 0 Å². The summed E-state index contributed by atoms with van der Waals surface area (Å²) in [7, 11) is 0. The summed E-state index contributed by atoms with van der Waals surface area (Å²) in [6.45, 7) is 0. The molecule has 6 heteroatoms. The molecule has 40 valence electrons. The van der Waals surface area contributed by atoms with Crippen LogP contribution in [0.1, 0.15) is 0 Å². The Labute approximate surface area is 59.4 Å². The predicted molar refractivity (Wildman–Crippen MR) is 14.0 cm³/mol. The number of carboxylic acid groups (broad SMARTS) is 2. The molecule has 0 fully saturated rings. The van der Waals surface area contributed by atoms with E-state index >= 15 is 0 Å². The van der Waals surface area contributed by atoms with Crippen molar-refractivity contribution < 1.29 is 46.7 Å². The van der Waals surface area contributed by atoms with E-state index in [0.29, 0.717) is 0 Å². The zero-order valence-electron chi connectivity index (χ0n) is 3.43. The monoisotopic (exact) mass is 185 g/mol. The van der Waals surface area contributed by atoms with Crippen LogP contribution < -0.4 is 16.4 Å². The van der Waals surface area contributed by atoms with Gasteiger partial charge in [0.1, 0.15) is 0 Å². The van der Waals surface area contributed by atoms with Crippen LogP contribution in [0.3, 0.4) is 0 Å². The molecule has 0 aromatic carbocycles. The first-order valence-electron chi connectivity index (χ1n) is 0.612. The fourth-order valence-corrected chi connectivity index (χ4v) is 0. The third-order valence-corrected chi connectivity index (χ3v) is 0. The molecule has 0 saturated heterocycles. The average molecular weight is 186 g/mol. The Morgan fingerprint density at radius 2 is 1.29 bits per heavy atom. The smallest absolute Gasteiger partial charge is 0.652 e. The molecule has 0 saturated carbocycles. The van der Waals surface area contributed by atoms with Crippen LogP contribution in [-0.4, -0.2) is 11.6 Å². The normalized spacial score (nSPS) is 3.43. The number of carbonyl (C=O) groups is 1. The first kappa shape index (κ1) is 27.6. The summed E-state index contributed by atoms with van der Waals surface area (Å²) in [4.78, 5) is 8.33. The van der Waals surface area contributed by atoms with Crippen molar-refractivity contribution in [2.75, 3.05) is 0 Å². The fraction of sp³-hybridized carbons (Fsp3) is 0. The minimum Gasteiger partial charge on any atom is -0.652 e. The van der Waals surface area contributed by atoms with E-state index in [4.69, 9.17) is 15.0 Å². The first-order valence-corrected chi connectivity index (χ1v) is 0.612. The molecule has 0 amide bonds. The zero-order valence-corrected chi connectivity index (χ0v) is 5.89. The van der Waals surface area contributed by atoms with Crippen LogP contribution in [-0.2, 0) is 26.2 Å². The molecular formula is CH5NO4Zr+2. The van der Waals surface area contributed by atoms with Crippen molar-refractivity contribution in [3.8, 4) is 0 Å². The summed E-state index contributed by atoms with van der Waals surface area (Å²) in [5.41, 5.74) is 0. The Morgan fingerprint density at radius 3 is 1.29 bits per heavy atom. The first-order chi connectivity index (χ1) is 1.73. The minimum atomic E-state index is -2.33. The molecule has 0 spiro atoms. The van der Waals surface area contributed by atoms with Crippen LogP contribution in [0.2, 0.25) is 0 Å². The van der Waals surface area contributed by atoms with E-state index in [1.165, 1.54) is 0 Å². The van der Waals surface area contributed by atoms with Gasteiger partial charge in [0.2, 0.25) is 0 Å². The van der Waals surface area contributed by atoms with Gasteiger partial charge in [-0.2, -0.15) is 0 Å². The minimum absolute atomic E-state index is 0. The van der Waals surface area contributed by atoms with Gasteiger partial charge < -0.3 is 26.6 Å². The third kappa shape index (κ3) is 18800. The van der Waals surface area contributed by atoms with Crippen molar-refractivity contribution in [2.24, 2.45) is 0 Å². The van der Waals surface area contributed by atoms with E-state index < -0.39 is 6.16 Å². The van der Waals surface area contributed by atoms with Crippen LogP contribution in [0, 0.1) is 0 Å². The molecule has 0 atom stereocenters. The van der Waals surface area contributed by atoms with E-state index in [1.807, 2.05) is 0 Å². The van der Waals surface area contributed by atoms with Gasteiger partial charge in [0.25, 0.3) is 0 Å². The second-order valence-corrected chi connectivity index (χ2v) is 0.250. The molecule has 0 rings (SSSR count). The average Bonchev–Trinajstić information content (AvgIpc) is 0.811. The van der Waals surface area contributed by atoms with Gasteiger partial charge in [-0.25, -0.2) is 0 Å². The maximum atomic E-state index is 8.33. The van der Waals surface area contributed by atoms with E-state index in [0.717, 1.165) is 0 Å². The van der Waals surface area contributed by atoms with Gasteiger partial charge in [0.05, 0.1) is 0 Å². The van der Waals surface area contributed by atoms with Crippen molar-refractivity contribution in [1.82, 2.24) is 6.15 Å². The zero-order chi connectivity index (χ0) is 3.58. The van der Waals surface area contributed by atoms with Crippen LogP contribution in [0.5, 0.6) is 0 Å². The van der Waals surface area contributed by atoms with E-state index in [9.17, 15) is 0 Å². The number of rotatable bonds is 0. The molecule has 0 aromatic rings. The largest absolute Gasteiger partial charge is 4.00 e. The molecule has 0 unspecified atom stereocenters. The van der Waals surface area contributed by atoms with Crippen LogP contribution in [0.4, 0.5) is 4.79 Å². The molecule has 5 N–H and O–H groups in total. The van der Waals surface area contributed by atoms with Crippen LogP contribution in [0.25, 0.3) is 0 Å². The number of carbonyl (C=O) groups excluding carboxylic acids is 1. The van der Waals surface area contributed by atoms with Gasteiger partial charge in [0.15, 0.2) is 0 Å². The Bertz CT molecular complexity index is 34.7. The van der Waals surface area contributed by atoms with Crippen molar-refractivity contribution >= 4 is 6.16 Å². The molecule has 0 aliphatic carbocycles. The molecule has 0 aliphatic heterocycles. The summed E-state index contributed by atoms with van der Waals surface area (Å²) < 4.78 is 0. The Kier molecular flexibility index (Phi) is 65.3. The summed E-state index contributed by atoms with van der Waals surface area (Å²) in [5.74, 6) is 0. The van der Waals surface area contributed by atoms with Gasteiger partial charge in [-0.05, 0) is 6.16 Å². The SMILES string of the molecule is N.O.O=C([O-])[O-].[Zr+4]. The van der Waals surface area contributed by atoms with Crippen molar-refractivity contribution in [3.05, 3.63) is 0 Å². The van der Waals surface area contributed by atoms with Gasteiger partial charge in [0, 0.05) is 0 Å². The molecule has 0 heterocycles. The van der Waals surface area contributed by atoms with E-state index in [-0.39, 0.29) is 37.8 Å². The standard InChI is InChI=1S/CH2O3.H3N.H2O.Zr/c2-1(3)4;;;/h(H2,2,3,4);1H3;1H2;/q;;;+4/p-2. The van der Waals surface area contributed by atoms with Gasteiger partial charge >= 0.3 is 26.2 Å². The molecule has 0 aromatic heterocycles. The molecular weight excluding hydrogens is 181 g/mol. The predicted octanol–water partition coefficient (Wildman–Crippen LogP) is -3.11. The molecule has 0 radical (unpaired) electrons. The summed E-state index contributed by atoms with van der Waals surface area (Å²) in [6.07, 6.45) is -2.33. The van der Waals surface area contributed by atoms with E-state index in [2.05, 4.69) is 0 Å². The maximum absolute atomic E-state index is 8.33. The van der Waals surface area contributed by atoms with Crippen molar-refractivity contribution in [2.45, 2.75) is 0 Å². The Balaban J connectivity index is -0.0000000150. The van der Waals surface area contributed by atoms with Crippen LogP contribution in [0.15, 0.2) is 0 Å². The Morgan fingerprint density at radius 1 is 1.29 bits per heavy atom. The summed E-state index contributed by atoms with van der Waals surface area (Å²) in [5, 5.41) is 16.7. The van der Waals surface area contributed by atoms with E-state index in [1.54, 1.807) is 0 Å². The third-order valence-electron chi connectivity index (χ3n) is 0. The second kappa shape index (κ2) is 16.6. The topological polar surface area (TPSA) is 130 Å². The van der Waals surface area contributed by atoms with Gasteiger partial charge in [-0.3, -0.25) is 0 Å². The quantitative estimate of drug-likeness (QED) is 0.429. The number of hydrogen-bond acceptors (Lipinski definition) is 4.